The Bertz CT molecular complexity index is 394. The molecule has 18 heavy (non-hydrogen) atoms. The maximum Gasteiger partial charge on any atom is 0.253 e. The summed E-state index contributed by atoms with van der Waals surface area (Å²) in [6.45, 7) is 3.87. The van der Waals surface area contributed by atoms with E-state index in [1.807, 2.05) is 19.1 Å². The van der Waals surface area contributed by atoms with Crippen LogP contribution >= 0.6 is 0 Å². The fraction of sp³-hybridized carbons (Fsp3) is 0.462. The maximum absolute atomic E-state index is 11.8. The number of hydrogen-bond acceptors (Lipinski definition) is 4. The molecule has 1 amide bonds. The number of nitrogen functional groups attached to an aromatic ring is 1. The number of para-hydroxylation sites is 1. The van der Waals surface area contributed by atoms with Crippen LogP contribution in [-0.2, 0) is 9.47 Å². The summed E-state index contributed by atoms with van der Waals surface area (Å²) in [4.78, 5) is 11.8. The normalized spacial score (nSPS) is 10.3. The second-order valence-electron chi connectivity index (χ2n) is 3.90. The van der Waals surface area contributed by atoms with Gasteiger partial charge in [0, 0.05) is 19.3 Å². The van der Waals surface area contributed by atoms with E-state index in [4.69, 9.17) is 15.2 Å². The molecule has 0 fully saturated rings. The van der Waals surface area contributed by atoms with E-state index in [1.54, 1.807) is 13.2 Å². The molecule has 1 aromatic carbocycles. The lowest BCUT2D eigenvalue weighted by Gasteiger charge is -2.09. The highest BCUT2D eigenvalue weighted by Gasteiger charge is 2.09. The van der Waals surface area contributed by atoms with Crippen LogP contribution in [0.15, 0.2) is 18.2 Å². The average Bonchev–Trinajstić information content (AvgIpc) is 2.36. The van der Waals surface area contributed by atoms with Crippen molar-refractivity contribution < 1.29 is 14.3 Å². The van der Waals surface area contributed by atoms with Crippen molar-refractivity contribution in [1.29, 1.82) is 0 Å². The Morgan fingerprint density at radius 3 is 2.83 bits per heavy atom. The lowest BCUT2D eigenvalue weighted by atomic mass is 10.1. The van der Waals surface area contributed by atoms with Crippen molar-refractivity contribution in [3.63, 3.8) is 0 Å². The number of rotatable bonds is 7. The van der Waals surface area contributed by atoms with Crippen molar-refractivity contribution in [2.75, 3.05) is 39.2 Å². The molecule has 0 unspecified atom stereocenters. The highest BCUT2D eigenvalue weighted by molar-refractivity contribution is 5.99. The number of nitrogens with two attached hydrogens (primary N) is 1. The van der Waals surface area contributed by atoms with Gasteiger partial charge in [0.15, 0.2) is 0 Å². The summed E-state index contributed by atoms with van der Waals surface area (Å²) in [6.07, 6.45) is 0. The molecule has 0 bridgehead atoms. The van der Waals surface area contributed by atoms with Gasteiger partial charge in [0.05, 0.1) is 25.4 Å². The summed E-state index contributed by atoms with van der Waals surface area (Å²) in [5.74, 6) is -0.174. The van der Waals surface area contributed by atoms with E-state index in [-0.39, 0.29) is 5.91 Å². The number of carbonyl (C=O) groups excluding carboxylic acids is 1. The fourth-order valence-electron chi connectivity index (χ4n) is 1.45. The summed E-state index contributed by atoms with van der Waals surface area (Å²) in [6, 6.07) is 5.40. The van der Waals surface area contributed by atoms with Gasteiger partial charge in [0.25, 0.3) is 5.91 Å². The van der Waals surface area contributed by atoms with E-state index in [9.17, 15) is 4.79 Å². The van der Waals surface area contributed by atoms with Crippen molar-refractivity contribution >= 4 is 11.6 Å². The topological polar surface area (TPSA) is 73.6 Å². The predicted molar refractivity (Wildman–Crippen MR) is 70.6 cm³/mol. The van der Waals surface area contributed by atoms with Crippen LogP contribution in [0.2, 0.25) is 0 Å². The fourth-order valence-corrected chi connectivity index (χ4v) is 1.45. The van der Waals surface area contributed by atoms with Crippen LogP contribution in [0, 0.1) is 6.92 Å². The first-order valence-corrected chi connectivity index (χ1v) is 5.86. The molecule has 100 valence electrons. The van der Waals surface area contributed by atoms with E-state index in [2.05, 4.69) is 5.32 Å². The van der Waals surface area contributed by atoms with Gasteiger partial charge in [0.2, 0.25) is 0 Å². The van der Waals surface area contributed by atoms with E-state index in [1.165, 1.54) is 0 Å². The van der Waals surface area contributed by atoms with Gasteiger partial charge in [-0.15, -0.1) is 0 Å². The van der Waals surface area contributed by atoms with Gasteiger partial charge in [-0.05, 0) is 18.6 Å². The zero-order chi connectivity index (χ0) is 13.4. The molecule has 0 aliphatic rings. The summed E-state index contributed by atoms with van der Waals surface area (Å²) < 4.78 is 10.1. The van der Waals surface area contributed by atoms with Gasteiger partial charge >= 0.3 is 0 Å². The average molecular weight is 252 g/mol. The first-order chi connectivity index (χ1) is 8.66. The maximum atomic E-state index is 11.8. The second kappa shape index (κ2) is 7.68. The molecule has 0 aromatic heterocycles. The van der Waals surface area contributed by atoms with Crippen molar-refractivity contribution in [3.8, 4) is 0 Å². The minimum absolute atomic E-state index is 0.174. The number of carbonyl (C=O) groups is 1. The highest BCUT2D eigenvalue weighted by Crippen LogP contribution is 2.15. The highest BCUT2D eigenvalue weighted by atomic mass is 16.5. The monoisotopic (exact) mass is 252 g/mol. The molecule has 5 nitrogen and oxygen atoms in total. The van der Waals surface area contributed by atoms with Crippen LogP contribution in [0.25, 0.3) is 0 Å². The van der Waals surface area contributed by atoms with Crippen LogP contribution in [0.1, 0.15) is 15.9 Å². The Balaban J connectivity index is 2.35. The van der Waals surface area contributed by atoms with Gasteiger partial charge in [-0.3, -0.25) is 4.79 Å². The Morgan fingerprint density at radius 2 is 2.11 bits per heavy atom. The third kappa shape index (κ3) is 4.35. The molecule has 1 aromatic rings. The molecule has 5 heteroatoms. The largest absolute Gasteiger partial charge is 0.398 e. The summed E-state index contributed by atoms with van der Waals surface area (Å²) in [5.41, 5.74) is 7.78. The van der Waals surface area contributed by atoms with E-state index < -0.39 is 0 Å². The predicted octanol–water partition coefficient (Wildman–Crippen LogP) is 0.970. The zero-order valence-corrected chi connectivity index (χ0v) is 10.9. The van der Waals surface area contributed by atoms with E-state index in [0.717, 1.165) is 5.56 Å². The summed E-state index contributed by atoms with van der Waals surface area (Å²) in [5, 5.41) is 2.76. The number of hydrogen-bond donors (Lipinski definition) is 2. The summed E-state index contributed by atoms with van der Waals surface area (Å²) in [7, 11) is 1.62. The first-order valence-electron chi connectivity index (χ1n) is 5.86. The van der Waals surface area contributed by atoms with Crippen molar-refractivity contribution in [3.05, 3.63) is 29.3 Å². The Kier molecular flexibility index (Phi) is 6.18. The van der Waals surface area contributed by atoms with Gasteiger partial charge < -0.3 is 20.5 Å². The SMILES string of the molecule is COCCOCCNC(=O)c1cccc(C)c1N. The Morgan fingerprint density at radius 1 is 1.33 bits per heavy atom. The third-order valence-corrected chi connectivity index (χ3v) is 2.53. The molecular formula is C13H20N2O3. The minimum atomic E-state index is -0.174. The number of anilines is 1. The Hall–Kier alpha value is -1.59. The van der Waals surface area contributed by atoms with Gasteiger partial charge in [-0.25, -0.2) is 0 Å². The molecule has 0 saturated heterocycles. The lowest BCUT2D eigenvalue weighted by molar-refractivity contribution is 0.0693. The van der Waals surface area contributed by atoms with Gasteiger partial charge in [-0.1, -0.05) is 12.1 Å². The molecule has 0 saturated carbocycles. The van der Waals surface area contributed by atoms with Crippen LogP contribution in [0.4, 0.5) is 5.69 Å². The van der Waals surface area contributed by atoms with Crippen LogP contribution in [0.3, 0.4) is 0 Å². The second-order valence-corrected chi connectivity index (χ2v) is 3.90. The van der Waals surface area contributed by atoms with Gasteiger partial charge in [0.1, 0.15) is 0 Å². The van der Waals surface area contributed by atoms with Gasteiger partial charge in [-0.2, -0.15) is 0 Å². The third-order valence-electron chi connectivity index (χ3n) is 2.53. The zero-order valence-electron chi connectivity index (χ0n) is 10.9. The Labute approximate surface area is 107 Å². The molecule has 0 atom stereocenters. The first kappa shape index (κ1) is 14.5. The van der Waals surface area contributed by atoms with Crippen molar-refractivity contribution in [2.24, 2.45) is 0 Å². The van der Waals surface area contributed by atoms with E-state index >= 15 is 0 Å². The molecule has 0 radical (unpaired) electrons. The lowest BCUT2D eigenvalue weighted by Crippen LogP contribution is -2.28. The van der Waals surface area contributed by atoms with Crippen LogP contribution in [0.5, 0.6) is 0 Å². The quantitative estimate of drug-likeness (QED) is 0.560. The molecular weight excluding hydrogens is 232 g/mol. The summed E-state index contributed by atoms with van der Waals surface area (Å²) >= 11 is 0. The minimum Gasteiger partial charge on any atom is -0.398 e. The number of nitrogens with one attached hydrogen (secondary N) is 1. The molecule has 3 N–H and O–H groups in total. The van der Waals surface area contributed by atoms with E-state index in [0.29, 0.717) is 37.6 Å². The molecule has 0 heterocycles. The molecule has 0 aliphatic carbocycles. The number of methoxy groups -OCH3 is 1. The van der Waals surface area contributed by atoms with Crippen LogP contribution < -0.4 is 11.1 Å². The van der Waals surface area contributed by atoms with Crippen molar-refractivity contribution in [2.45, 2.75) is 6.92 Å². The molecule has 0 spiro atoms. The molecule has 1 rings (SSSR count). The van der Waals surface area contributed by atoms with Crippen LogP contribution in [-0.4, -0.2) is 39.4 Å². The standard InChI is InChI=1S/C13H20N2O3/c1-10-4-3-5-11(12(10)14)13(16)15-6-7-18-9-8-17-2/h3-5H,6-9,14H2,1-2H3,(H,15,16). The number of amides is 1. The van der Waals surface area contributed by atoms with Crippen molar-refractivity contribution in [1.82, 2.24) is 5.32 Å². The number of aryl methyl sites for hydroxylation is 1. The number of ether oxygens (including phenoxy) is 2. The molecule has 0 aliphatic heterocycles. The smallest absolute Gasteiger partial charge is 0.253 e. The number of benzene rings is 1.